The van der Waals surface area contributed by atoms with Crippen LogP contribution in [0.25, 0.3) is 0 Å². The summed E-state index contributed by atoms with van der Waals surface area (Å²) < 4.78 is 16.3. The Bertz CT molecular complexity index is 1230. The van der Waals surface area contributed by atoms with E-state index in [9.17, 15) is 19.8 Å². The van der Waals surface area contributed by atoms with Crippen LogP contribution in [0.3, 0.4) is 0 Å². The highest BCUT2D eigenvalue weighted by molar-refractivity contribution is 6.35. The Hall–Kier alpha value is -3.71. The topological polar surface area (TPSA) is 102 Å². The lowest BCUT2D eigenvalue weighted by atomic mass is 9.83. The van der Waals surface area contributed by atoms with Gasteiger partial charge >= 0.3 is 0 Å². The number of ether oxygens (including phenoxy) is 3. The van der Waals surface area contributed by atoms with Crippen molar-refractivity contribution in [2.75, 3.05) is 6.79 Å². The Morgan fingerprint density at radius 1 is 0.828 bits per heavy atom. The Morgan fingerprint density at radius 2 is 1.45 bits per heavy atom. The Labute approximate surface area is 168 Å². The van der Waals surface area contributed by atoms with Gasteiger partial charge in [-0.05, 0) is 36.4 Å². The van der Waals surface area contributed by atoms with Gasteiger partial charge in [-0.2, -0.15) is 0 Å². The molecule has 0 fully saturated rings. The van der Waals surface area contributed by atoms with Crippen molar-refractivity contribution in [2.24, 2.45) is 0 Å². The molecular formula is C21H11ClO7. The second-order valence-electron chi connectivity index (χ2n) is 6.46. The van der Waals surface area contributed by atoms with Crippen LogP contribution in [-0.4, -0.2) is 28.6 Å². The average Bonchev–Trinajstić information content (AvgIpc) is 3.17. The average molecular weight is 411 g/mol. The van der Waals surface area contributed by atoms with Gasteiger partial charge in [0.2, 0.25) is 6.79 Å². The van der Waals surface area contributed by atoms with E-state index in [1.165, 1.54) is 12.1 Å². The summed E-state index contributed by atoms with van der Waals surface area (Å²) in [6.07, 6.45) is 0. The van der Waals surface area contributed by atoms with E-state index < -0.39 is 23.1 Å². The SMILES string of the molecule is O=C1c2cc(Cl)c(Oc3ccc4c(c3)OCO4)cc2C(=O)c2c(O)ccc(O)c21. The van der Waals surface area contributed by atoms with Gasteiger partial charge in [0.15, 0.2) is 23.1 Å². The first-order chi connectivity index (χ1) is 13.9. The number of fused-ring (bicyclic) bond motifs is 3. The Kier molecular flexibility index (Phi) is 3.69. The molecule has 0 amide bonds. The number of hydrogen-bond donors (Lipinski definition) is 2. The van der Waals surface area contributed by atoms with Crippen molar-refractivity contribution >= 4 is 23.2 Å². The zero-order chi connectivity index (χ0) is 20.3. The molecule has 1 aliphatic carbocycles. The fraction of sp³-hybridized carbons (Fsp3) is 0.0476. The molecule has 7 nitrogen and oxygen atoms in total. The van der Waals surface area contributed by atoms with Crippen LogP contribution >= 0.6 is 11.6 Å². The molecule has 1 aliphatic heterocycles. The quantitative estimate of drug-likeness (QED) is 0.480. The molecule has 2 N–H and O–H groups in total. The van der Waals surface area contributed by atoms with Crippen molar-refractivity contribution in [3.05, 3.63) is 69.7 Å². The van der Waals surface area contributed by atoms with Gasteiger partial charge in [-0.15, -0.1) is 0 Å². The van der Waals surface area contributed by atoms with Crippen LogP contribution in [0, 0.1) is 0 Å². The van der Waals surface area contributed by atoms with E-state index in [-0.39, 0.29) is 39.8 Å². The first-order valence-electron chi connectivity index (χ1n) is 8.49. The zero-order valence-electron chi connectivity index (χ0n) is 14.6. The van der Waals surface area contributed by atoms with Gasteiger partial charge in [0.25, 0.3) is 0 Å². The molecule has 29 heavy (non-hydrogen) atoms. The standard InChI is InChI=1S/C21H11ClO7/c22-12-6-10-11(21(26)19-14(24)3-2-13(23)18(19)20(10)25)7-16(12)29-9-1-4-15-17(5-9)28-8-27-15/h1-7,23-24H,8H2. The van der Waals surface area contributed by atoms with E-state index in [0.29, 0.717) is 17.2 Å². The lowest BCUT2D eigenvalue weighted by molar-refractivity contribution is 0.0974. The van der Waals surface area contributed by atoms with E-state index >= 15 is 0 Å². The third-order valence-corrected chi connectivity index (χ3v) is 5.04. The van der Waals surface area contributed by atoms with Crippen LogP contribution in [0.2, 0.25) is 5.02 Å². The zero-order valence-corrected chi connectivity index (χ0v) is 15.3. The highest BCUT2D eigenvalue weighted by Crippen LogP contribution is 2.42. The first kappa shape index (κ1) is 17.4. The second-order valence-corrected chi connectivity index (χ2v) is 6.86. The summed E-state index contributed by atoms with van der Waals surface area (Å²) in [4.78, 5) is 25.8. The van der Waals surface area contributed by atoms with Crippen molar-refractivity contribution in [1.29, 1.82) is 0 Å². The number of benzene rings is 3. The van der Waals surface area contributed by atoms with Gasteiger partial charge in [-0.25, -0.2) is 0 Å². The predicted molar refractivity (Wildman–Crippen MR) is 101 cm³/mol. The summed E-state index contributed by atoms with van der Waals surface area (Å²) in [7, 11) is 0. The fourth-order valence-electron chi connectivity index (χ4n) is 3.38. The van der Waals surface area contributed by atoms with Gasteiger partial charge in [0.05, 0.1) is 16.1 Å². The molecule has 3 aromatic rings. The van der Waals surface area contributed by atoms with E-state index in [4.69, 9.17) is 25.8 Å². The molecular weight excluding hydrogens is 400 g/mol. The van der Waals surface area contributed by atoms with E-state index in [2.05, 4.69) is 0 Å². The van der Waals surface area contributed by atoms with Crippen LogP contribution in [0.5, 0.6) is 34.5 Å². The third-order valence-electron chi connectivity index (χ3n) is 4.75. The van der Waals surface area contributed by atoms with Crippen molar-refractivity contribution in [3.8, 4) is 34.5 Å². The number of carbonyl (C=O) groups excluding carboxylic acids is 2. The number of phenolic OH excluding ortho intramolecular Hbond substituents is 2. The summed E-state index contributed by atoms with van der Waals surface area (Å²) in [5.74, 6) is -0.373. The van der Waals surface area contributed by atoms with Gasteiger partial charge in [-0.3, -0.25) is 9.59 Å². The molecule has 0 unspecified atom stereocenters. The minimum atomic E-state index is -0.616. The van der Waals surface area contributed by atoms with Crippen LogP contribution in [0.15, 0.2) is 42.5 Å². The molecule has 0 spiro atoms. The number of aromatic hydroxyl groups is 2. The summed E-state index contributed by atoms with van der Waals surface area (Å²) in [6, 6.07) is 9.91. The largest absolute Gasteiger partial charge is 0.507 e. The molecule has 0 radical (unpaired) electrons. The van der Waals surface area contributed by atoms with E-state index in [1.54, 1.807) is 18.2 Å². The van der Waals surface area contributed by atoms with Crippen LogP contribution < -0.4 is 14.2 Å². The van der Waals surface area contributed by atoms with Crippen molar-refractivity contribution in [1.82, 2.24) is 0 Å². The molecule has 1 heterocycles. The minimum absolute atomic E-state index is 0.0172. The number of halogens is 1. The van der Waals surface area contributed by atoms with Gasteiger partial charge in [-0.1, -0.05) is 11.6 Å². The highest BCUT2D eigenvalue weighted by atomic mass is 35.5. The molecule has 0 bridgehead atoms. The monoisotopic (exact) mass is 410 g/mol. The van der Waals surface area contributed by atoms with Gasteiger partial charge in [0.1, 0.15) is 23.0 Å². The first-order valence-corrected chi connectivity index (χ1v) is 8.87. The maximum atomic E-state index is 12.9. The lowest BCUT2D eigenvalue weighted by Gasteiger charge is -2.20. The number of phenols is 2. The minimum Gasteiger partial charge on any atom is -0.507 e. The Balaban J connectivity index is 1.59. The predicted octanol–water partition coefficient (Wildman–Crippen LogP) is 4.05. The summed E-state index contributed by atoms with van der Waals surface area (Å²) in [5, 5.41) is 20.2. The number of rotatable bonds is 2. The number of carbonyl (C=O) groups is 2. The highest BCUT2D eigenvalue weighted by Gasteiger charge is 2.35. The molecule has 2 aliphatic rings. The maximum Gasteiger partial charge on any atom is 0.231 e. The Morgan fingerprint density at radius 3 is 2.14 bits per heavy atom. The van der Waals surface area contributed by atoms with Gasteiger partial charge < -0.3 is 24.4 Å². The van der Waals surface area contributed by atoms with Crippen LogP contribution in [0.1, 0.15) is 31.8 Å². The van der Waals surface area contributed by atoms with Gasteiger partial charge in [0, 0.05) is 17.2 Å². The summed E-state index contributed by atoms with van der Waals surface area (Å²) in [6.45, 7) is 0.116. The molecule has 5 rings (SSSR count). The number of hydrogen-bond acceptors (Lipinski definition) is 7. The van der Waals surface area contributed by atoms with Crippen molar-refractivity contribution < 1.29 is 34.0 Å². The van der Waals surface area contributed by atoms with Crippen LogP contribution in [-0.2, 0) is 0 Å². The summed E-state index contributed by atoms with van der Waals surface area (Å²) >= 11 is 6.28. The molecule has 0 atom stereocenters. The molecule has 0 aromatic heterocycles. The lowest BCUT2D eigenvalue weighted by Crippen LogP contribution is -2.21. The van der Waals surface area contributed by atoms with Crippen LogP contribution in [0.4, 0.5) is 0 Å². The summed E-state index contributed by atoms with van der Waals surface area (Å²) in [5.41, 5.74) is -0.461. The smallest absolute Gasteiger partial charge is 0.231 e. The number of ketones is 2. The third kappa shape index (κ3) is 2.59. The molecule has 8 heteroatoms. The fourth-order valence-corrected chi connectivity index (χ4v) is 3.59. The second kappa shape index (κ2) is 6.15. The normalized spacial score (nSPS) is 13.8. The van der Waals surface area contributed by atoms with Crippen molar-refractivity contribution in [2.45, 2.75) is 0 Å². The molecule has 0 saturated heterocycles. The maximum absolute atomic E-state index is 12.9. The van der Waals surface area contributed by atoms with E-state index in [0.717, 1.165) is 12.1 Å². The molecule has 144 valence electrons. The molecule has 0 saturated carbocycles. The molecule has 3 aromatic carbocycles. The van der Waals surface area contributed by atoms with Crippen molar-refractivity contribution in [3.63, 3.8) is 0 Å². The van der Waals surface area contributed by atoms with E-state index in [1.807, 2.05) is 0 Å².